The fourth-order valence-corrected chi connectivity index (χ4v) is 2.96. The summed E-state index contributed by atoms with van der Waals surface area (Å²) in [5.41, 5.74) is -4.84. The van der Waals surface area contributed by atoms with Crippen molar-refractivity contribution in [2.24, 2.45) is 0 Å². The molecule has 0 aliphatic rings. The summed E-state index contributed by atoms with van der Waals surface area (Å²) in [6.07, 6.45) is -5.35. The van der Waals surface area contributed by atoms with Crippen molar-refractivity contribution in [3.05, 3.63) is 65.2 Å². The van der Waals surface area contributed by atoms with Gasteiger partial charge in [0.05, 0.1) is 17.7 Å². The van der Waals surface area contributed by atoms with Crippen LogP contribution < -0.4 is 4.90 Å². The molecule has 0 spiro atoms. The summed E-state index contributed by atoms with van der Waals surface area (Å²) in [6, 6.07) is 9.49. The van der Waals surface area contributed by atoms with E-state index < -0.39 is 35.2 Å². The van der Waals surface area contributed by atoms with Gasteiger partial charge in [0.2, 0.25) is 0 Å². The monoisotopic (exact) mass is 439 g/mol. The fourth-order valence-electron chi connectivity index (χ4n) is 2.96. The minimum atomic E-state index is -5.35. The number of amides is 1. The molecule has 0 aromatic heterocycles. The van der Waals surface area contributed by atoms with E-state index in [1.807, 2.05) is 0 Å². The van der Waals surface area contributed by atoms with Crippen molar-refractivity contribution in [3.63, 3.8) is 0 Å². The van der Waals surface area contributed by atoms with E-state index in [4.69, 9.17) is 0 Å². The number of aliphatic hydroxyl groups is 1. The molecule has 0 saturated heterocycles. The minimum Gasteiger partial charge on any atom is -0.478 e. The molecule has 1 atom stereocenters. The highest BCUT2D eigenvalue weighted by Gasteiger charge is 2.62. The largest absolute Gasteiger partial charge is 0.478 e. The van der Waals surface area contributed by atoms with E-state index in [9.17, 15) is 37.8 Å². The molecule has 0 bridgehead atoms. The van der Waals surface area contributed by atoms with Crippen LogP contribution in [0.5, 0.6) is 0 Å². The molecule has 0 unspecified atom stereocenters. The molecular weight excluding hydrogens is 419 g/mol. The minimum absolute atomic E-state index is 0.0769. The van der Waals surface area contributed by atoms with E-state index >= 15 is 0 Å². The lowest BCUT2D eigenvalue weighted by molar-refractivity contribution is -0.267. The van der Waals surface area contributed by atoms with Gasteiger partial charge in [-0.15, -0.1) is 0 Å². The summed E-state index contributed by atoms with van der Waals surface area (Å²) < 4.78 is 44.9. The van der Waals surface area contributed by atoms with Gasteiger partial charge >= 0.3 is 18.1 Å². The van der Waals surface area contributed by atoms with E-state index in [1.54, 1.807) is 6.92 Å². The normalized spacial score (nSPS) is 13.2. The molecule has 2 rings (SSSR count). The number of carboxylic acid groups (broad SMARTS) is 1. The van der Waals surface area contributed by atoms with Gasteiger partial charge in [-0.3, -0.25) is 4.79 Å². The number of hydrogen-bond donors (Lipinski definition) is 2. The topological polar surface area (TPSA) is 104 Å². The third kappa shape index (κ3) is 4.53. The number of hydrogen-bond acceptors (Lipinski definition) is 5. The van der Waals surface area contributed by atoms with Gasteiger partial charge in [-0.1, -0.05) is 24.3 Å². The van der Waals surface area contributed by atoms with Gasteiger partial charge in [0.25, 0.3) is 11.5 Å². The lowest BCUT2D eigenvalue weighted by atomic mass is 9.92. The molecule has 31 heavy (non-hydrogen) atoms. The second-order valence-electron chi connectivity index (χ2n) is 6.38. The summed E-state index contributed by atoms with van der Waals surface area (Å²) in [5, 5.41) is 19.4. The number of esters is 1. The van der Waals surface area contributed by atoms with Gasteiger partial charge in [-0.25, -0.2) is 9.59 Å². The number of anilines is 1. The fraction of sp³-hybridized carbons (Fsp3) is 0.286. The third-order valence-electron chi connectivity index (χ3n) is 4.53. The molecule has 0 saturated carbocycles. The van der Waals surface area contributed by atoms with E-state index in [0.717, 1.165) is 29.2 Å². The number of halogens is 3. The molecule has 166 valence electrons. The Hall–Kier alpha value is -3.40. The number of carbonyl (C=O) groups excluding carboxylic acids is 2. The van der Waals surface area contributed by atoms with Crippen molar-refractivity contribution in [2.75, 3.05) is 18.1 Å². The van der Waals surface area contributed by atoms with E-state index in [-0.39, 0.29) is 30.0 Å². The van der Waals surface area contributed by atoms with E-state index in [2.05, 4.69) is 4.74 Å². The second-order valence-corrected chi connectivity index (χ2v) is 6.38. The van der Waals surface area contributed by atoms with Crippen molar-refractivity contribution < 1.29 is 42.5 Å². The first-order valence-electron chi connectivity index (χ1n) is 9.20. The Morgan fingerprint density at radius 1 is 0.968 bits per heavy atom. The van der Waals surface area contributed by atoms with Crippen LogP contribution in [0.15, 0.2) is 48.5 Å². The molecule has 0 radical (unpaired) electrons. The Labute approximate surface area is 175 Å². The average molecular weight is 439 g/mol. The van der Waals surface area contributed by atoms with Gasteiger partial charge in [0.1, 0.15) is 0 Å². The number of carbonyl (C=O) groups is 3. The van der Waals surface area contributed by atoms with Gasteiger partial charge in [-0.2, -0.15) is 13.2 Å². The molecule has 10 heteroatoms. The molecular formula is C21H20F3NO6. The Morgan fingerprint density at radius 3 is 1.97 bits per heavy atom. The van der Waals surface area contributed by atoms with Crippen molar-refractivity contribution in [1.29, 1.82) is 0 Å². The van der Waals surface area contributed by atoms with Crippen LogP contribution >= 0.6 is 0 Å². The van der Waals surface area contributed by atoms with E-state index in [1.165, 1.54) is 31.2 Å². The zero-order valence-electron chi connectivity index (χ0n) is 16.6. The molecule has 0 fully saturated rings. The van der Waals surface area contributed by atoms with Crippen LogP contribution in [-0.2, 0) is 15.1 Å². The standard InChI is InChI=1S/C21H20F3NO6/c1-3-25(17(26)15-7-5-6-8-16(15)18(27)28)14-11-9-13(10-12-14)20(30,21(22,23)24)19(29)31-4-2/h5-12,30H,3-4H2,1-2H3,(H,27,28)/t20-/m0/s1. The van der Waals surface area contributed by atoms with Crippen LogP contribution in [0, 0.1) is 0 Å². The highest BCUT2D eigenvalue weighted by Crippen LogP contribution is 2.40. The summed E-state index contributed by atoms with van der Waals surface area (Å²) in [6.45, 7) is 2.61. The van der Waals surface area contributed by atoms with Crippen molar-refractivity contribution >= 4 is 23.5 Å². The predicted molar refractivity (Wildman–Crippen MR) is 104 cm³/mol. The average Bonchev–Trinajstić information content (AvgIpc) is 2.73. The second kappa shape index (κ2) is 9.17. The first kappa shape index (κ1) is 23.9. The molecule has 7 nitrogen and oxygen atoms in total. The van der Waals surface area contributed by atoms with Gasteiger partial charge in [-0.05, 0) is 38.1 Å². The van der Waals surface area contributed by atoms with Crippen LogP contribution in [-0.4, -0.2) is 47.4 Å². The lowest BCUT2D eigenvalue weighted by Gasteiger charge is -2.29. The molecule has 0 aliphatic carbocycles. The Kier molecular flexibility index (Phi) is 7.06. The summed E-state index contributed by atoms with van der Waals surface area (Å²) in [5.74, 6) is -3.85. The van der Waals surface area contributed by atoms with Crippen LogP contribution in [0.3, 0.4) is 0 Å². The first-order valence-corrected chi connectivity index (χ1v) is 9.20. The highest BCUT2D eigenvalue weighted by atomic mass is 19.4. The van der Waals surface area contributed by atoms with Crippen molar-refractivity contribution in [1.82, 2.24) is 0 Å². The maximum absolute atomic E-state index is 13.5. The van der Waals surface area contributed by atoms with Crippen LogP contribution in [0.25, 0.3) is 0 Å². The Balaban J connectivity index is 2.46. The Morgan fingerprint density at radius 2 is 1.52 bits per heavy atom. The molecule has 2 aromatic rings. The quantitative estimate of drug-likeness (QED) is 0.641. The molecule has 0 aliphatic heterocycles. The maximum Gasteiger partial charge on any atom is 0.432 e. The third-order valence-corrected chi connectivity index (χ3v) is 4.53. The maximum atomic E-state index is 13.5. The predicted octanol–water partition coefficient (Wildman–Crippen LogP) is 3.36. The number of benzene rings is 2. The SMILES string of the molecule is CCOC(=O)[C@@](O)(c1ccc(N(CC)C(=O)c2ccccc2C(=O)O)cc1)C(F)(F)F. The zero-order valence-corrected chi connectivity index (χ0v) is 16.6. The van der Waals surface area contributed by atoms with Crippen LogP contribution in [0.1, 0.15) is 40.1 Å². The zero-order chi connectivity index (χ0) is 23.4. The van der Waals surface area contributed by atoms with Crippen LogP contribution in [0.2, 0.25) is 0 Å². The molecule has 2 aromatic carbocycles. The summed E-state index contributed by atoms with van der Waals surface area (Å²) in [7, 11) is 0. The Bertz CT molecular complexity index is 974. The van der Waals surface area contributed by atoms with E-state index in [0.29, 0.717) is 0 Å². The smallest absolute Gasteiger partial charge is 0.432 e. The van der Waals surface area contributed by atoms with Gasteiger partial charge in [0, 0.05) is 17.8 Å². The van der Waals surface area contributed by atoms with Crippen molar-refractivity contribution in [2.45, 2.75) is 25.6 Å². The first-order chi connectivity index (χ1) is 14.5. The lowest BCUT2D eigenvalue weighted by Crippen LogP contribution is -2.50. The number of alkyl halides is 3. The van der Waals surface area contributed by atoms with Crippen molar-refractivity contribution in [3.8, 4) is 0 Å². The number of aromatic carboxylic acids is 1. The molecule has 2 N–H and O–H groups in total. The van der Waals surface area contributed by atoms with Crippen LogP contribution in [0.4, 0.5) is 18.9 Å². The number of nitrogens with zero attached hydrogens (tertiary/aromatic N) is 1. The van der Waals surface area contributed by atoms with Gasteiger partial charge < -0.3 is 19.8 Å². The number of ether oxygens (including phenoxy) is 1. The summed E-state index contributed by atoms with van der Waals surface area (Å²) in [4.78, 5) is 37.3. The number of rotatable bonds is 7. The molecule has 0 heterocycles. The molecule has 1 amide bonds. The summed E-state index contributed by atoms with van der Waals surface area (Å²) >= 11 is 0. The van der Waals surface area contributed by atoms with Gasteiger partial charge in [0.15, 0.2) is 0 Å². The number of carboxylic acids is 1. The highest BCUT2D eigenvalue weighted by molar-refractivity contribution is 6.11.